The molecule has 22 heavy (non-hydrogen) atoms. The van der Waals surface area contributed by atoms with Crippen LogP contribution in [0.3, 0.4) is 0 Å². The molecule has 1 aromatic rings. The Hall–Kier alpha value is -2.24. The summed E-state index contributed by atoms with van der Waals surface area (Å²) >= 11 is 0. The minimum atomic E-state index is 0.0523. The first kappa shape index (κ1) is 14.7. The fourth-order valence-corrected chi connectivity index (χ4v) is 2.79. The third-order valence-corrected chi connectivity index (χ3v) is 3.94. The molecule has 6 heteroatoms. The molecule has 3 rings (SSSR count). The SMILES string of the molecule is CCCC(=O)NC[C@H]1CC(=O)N(c2ccc3c(c2)OCO3)C1. The number of hydrogen-bond donors (Lipinski definition) is 1. The van der Waals surface area contributed by atoms with Gasteiger partial charge in [-0.3, -0.25) is 9.59 Å². The lowest BCUT2D eigenvalue weighted by atomic mass is 10.1. The number of anilines is 1. The quantitative estimate of drug-likeness (QED) is 0.899. The van der Waals surface area contributed by atoms with Crippen molar-refractivity contribution in [2.45, 2.75) is 26.2 Å². The van der Waals surface area contributed by atoms with Crippen molar-refractivity contribution in [3.05, 3.63) is 18.2 Å². The van der Waals surface area contributed by atoms with Gasteiger partial charge in [-0.05, 0) is 18.6 Å². The molecule has 6 nitrogen and oxygen atoms in total. The number of amides is 2. The van der Waals surface area contributed by atoms with Crippen LogP contribution in [0.1, 0.15) is 26.2 Å². The highest BCUT2D eigenvalue weighted by molar-refractivity contribution is 5.96. The van der Waals surface area contributed by atoms with E-state index in [-0.39, 0.29) is 24.5 Å². The van der Waals surface area contributed by atoms with E-state index in [1.54, 1.807) is 4.90 Å². The van der Waals surface area contributed by atoms with Crippen molar-refractivity contribution in [2.75, 3.05) is 24.8 Å². The molecular weight excluding hydrogens is 284 g/mol. The molecule has 2 heterocycles. The molecule has 0 spiro atoms. The zero-order valence-electron chi connectivity index (χ0n) is 12.6. The average molecular weight is 304 g/mol. The Kier molecular flexibility index (Phi) is 4.18. The Morgan fingerprint density at radius 1 is 1.36 bits per heavy atom. The molecule has 0 bridgehead atoms. The first-order valence-corrected chi connectivity index (χ1v) is 7.64. The standard InChI is InChI=1S/C16H20N2O4/c1-2-3-15(19)17-8-11-6-16(20)18(9-11)12-4-5-13-14(7-12)22-10-21-13/h4-5,7,11H,2-3,6,8-10H2,1H3,(H,17,19)/t11-/m1/s1. The molecule has 0 unspecified atom stereocenters. The van der Waals surface area contributed by atoms with Gasteiger partial charge in [0.25, 0.3) is 0 Å². The number of carbonyl (C=O) groups is 2. The number of ether oxygens (including phenoxy) is 2. The third-order valence-electron chi connectivity index (χ3n) is 3.94. The topological polar surface area (TPSA) is 67.9 Å². The van der Waals surface area contributed by atoms with Crippen molar-refractivity contribution in [3.8, 4) is 11.5 Å². The fraction of sp³-hybridized carbons (Fsp3) is 0.500. The van der Waals surface area contributed by atoms with Crippen LogP contribution in [0.15, 0.2) is 18.2 Å². The van der Waals surface area contributed by atoms with Crippen molar-refractivity contribution in [1.29, 1.82) is 0 Å². The zero-order valence-corrected chi connectivity index (χ0v) is 12.6. The normalized spacial score (nSPS) is 19.6. The summed E-state index contributed by atoms with van der Waals surface area (Å²) in [6.45, 7) is 3.36. The minimum absolute atomic E-state index is 0.0523. The maximum Gasteiger partial charge on any atom is 0.231 e. The lowest BCUT2D eigenvalue weighted by Crippen LogP contribution is -2.31. The molecule has 1 saturated heterocycles. The summed E-state index contributed by atoms with van der Waals surface area (Å²) in [5.74, 6) is 1.66. The highest BCUT2D eigenvalue weighted by atomic mass is 16.7. The van der Waals surface area contributed by atoms with Crippen LogP contribution >= 0.6 is 0 Å². The second kappa shape index (κ2) is 6.25. The van der Waals surface area contributed by atoms with Crippen LogP contribution < -0.4 is 19.7 Å². The van der Waals surface area contributed by atoms with E-state index < -0.39 is 0 Å². The molecule has 0 saturated carbocycles. The summed E-state index contributed by atoms with van der Waals surface area (Å²) in [4.78, 5) is 25.5. The average Bonchev–Trinajstić information content (AvgIpc) is 3.11. The third kappa shape index (κ3) is 3.00. The second-order valence-corrected chi connectivity index (χ2v) is 5.67. The van der Waals surface area contributed by atoms with Gasteiger partial charge < -0.3 is 19.7 Å². The first-order valence-electron chi connectivity index (χ1n) is 7.64. The smallest absolute Gasteiger partial charge is 0.231 e. The van der Waals surface area contributed by atoms with Crippen LogP contribution in [0.25, 0.3) is 0 Å². The van der Waals surface area contributed by atoms with Gasteiger partial charge in [0.1, 0.15) is 0 Å². The Balaban J connectivity index is 1.61. The van der Waals surface area contributed by atoms with Gasteiger partial charge in [0, 0.05) is 43.6 Å². The minimum Gasteiger partial charge on any atom is -0.454 e. The van der Waals surface area contributed by atoms with Gasteiger partial charge >= 0.3 is 0 Å². The van der Waals surface area contributed by atoms with E-state index in [9.17, 15) is 9.59 Å². The van der Waals surface area contributed by atoms with Gasteiger partial charge in [-0.15, -0.1) is 0 Å². The van der Waals surface area contributed by atoms with E-state index in [1.165, 1.54) is 0 Å². The number of carbonyl (C=O) groups excluding carboxylic acids is 2. The molecule has 0 aromatic heterocycles. The van der Waals surface area contributed by atoms with Crippen molar-refractivity contribution in [2.24, 2.45) is 5.92 Å². The van der Waals surface area contributed by atoms with E-state index in [4.69, 9.17) is 9.47 Å². The molecule has 2 amide bonds. The first-order chi connectivity index (χ1) is 10.7. The van der Waals surface area contributed by atoms with Gasteiger partial charge in [-0.25, -0.2) is 0 Å². The van der Waals surface area contributed by atoms with Gasteiger partial charge in [-0.1, -0.05) is 6.92 Å². The summed E-state index contributed by atoms with van der Waals surface area (Å²) in [6, 6.07) is 5.52. The largest absolute Gasteiger partial charge is 0.454 e. The van der Waals surface area contributed by atoms with Crippen LogP contribution in [0.2, 0.25) is 0 Å². The number of fused-ring (bicyclic) bond motifs is 1. The van der Waals surface area contributed by atoms with Crippen LogP contribution in [-0.4, -0.2) is 31.7 Å². The summed E-state index contributed by atoms with van der Waals surface area (Å²) in [5, 5.41) is 2.90. The summed E-state index contributed by atoms with van der Waals surface area (Å²) < 4.78 is 10.6. The fourth-order valence-electron chi connectivity index (χ4n) is 2.79. The van der Waals surface area contributed by atoms with Crippen LogP contribution in [0.4, 0.5) is 5.69 Å². The highest BCUT2D eigenvalue weighted by Crippen LogP contribution is 2.37. The van der Waals surface area contributed by atoms with Crippen molar-refractivity contribution in [3.63, 3.8) is 0 Å². The molecular formula is C16H20N2O4. The zero-order chi connectivity index (χ0) is 15.5. The maximum atomic E-state index is 12.2. The Morgan fingerprint density at radius 3 is 3.00 bits per heavy atom. The van der Waals surface area contributed by atoms with E-state index in [0.29, 0.717) is 37.4 Å². The van der Waals surface area contributed by atoms with E-state index in [1.807, 2.05) is 25.1 Å². The molecule has 118 valence electrons. The molecule has 2 aliphatic heterocycles. The van der Waals surface area contributed by atoms with Gasteiger partial charge in [0.15, 0.2) is 11.5 Å². The van der Waals surface area contributed by atoms with Crippen LogP contribution in [0.5, 0.6) is 11.5 Å². The van der Waals surface area contributed by atoms with Gasteiger partial charge in [0.2, 0.25) is 18.6 Å². The Morgan fingerprint density at radius 2 is 2.18 bits per heavy atom. The number of nitrogens with zero attached hydrogens (tertiary/aromatic N) is 1. The lowest BCUT2D eigenvalue weighted by molar-refractivity contribution is -0.121. The molecule has 1 aromatic carbocycles. The van der Waals surface area contributed by atoms with Crippen molar-refractivity contribution >= 4 is 17.5 Å². The molecule has 1 fully saturated rings. The van der Waals surface area contributed by atoms with Crippen LogP contribution in [-0.2, 0) is 9.59 Å². The molecule has 0 radical (unpaired) electrons. The molecule has 1 atom stereocenters. The number of rotatable bonds is 5. The van der Waals surface area contributed by atoms with E-state index in [0.717, 1.165) is 12.1 Å². The number of benzene rings is 1. The van der Waals surface area contributed by atoms with Gasteiger partial charge in [0.05, 0.1) is 0 Å². The van der Waals surface area contributed by atoms with E-state index in [2.05, 4.69) is 5.32 Å². The Labute approximate surface area is 129 Å². The number of hydrogen-bond acceptors (Lipinski definition) is 4. The summed E-state index contributed by atoms with van der Waals surface area (Å²) in [6.07, 6.45) is 1.83. The van der Waals surface area contributed by atoms with E-state index >= 15 is 0 Å². The molecule has 1 N–H and O–H groups in total. The summed E-state index contributed by atoms with van der Waals surface area (Å²) in [7, 11) is 0. The second-order valence-electron chi connectivity index (χ2n) is 5.67. The predicted octanol–water partition coefficient (Wildman–Crippen LogP) is 1.68. The van der Waals surface area contributed by atoms with Gasteiger partial charge in [-0.2, -0.15) is 0 Å². The van der Waals surface area contributed by atoms with Crippen molar-refractivity contribution < 1.29 is 19.1 Å². The number of nitrogens with one attached hydrogen (secondary N) is 1. The Bertz CT molecular complexity index is 588. The predicted molar refractivity (Wildman–Crippen MR) is 80.9 cm³/mol. The van der Waals surface area contributed by atoms with Crippen molar-refractivity contribution in [1.82, 2.24) is 5.32 Å². The maximum absolute atomic E-state index is 12.2. The summed E-state index contributed by atoms with van der Waals surface area (Å²) in [5.41, 5.74) is 0.816. The monoisotopic (exact) mass is 304 g/mol. The lowest BCUT2D eigenvalue weighted by Gasteiger charge is -2.17. The van der Waals surface area contributed by atoms with Crippen LogP contribution in [0, 0.1) is 5.92 Å². The molecule has 2 aliphatic rings. The highest BCUT2D eigenvalue weighted by Gasteiger charge is 2.31. The molecule has 0 aliphatic carbocycles.